The molecule has 5 nitrogen and oxygen atoms in total. The summed E-state index contributed by atoms with van der Waals surface area (Å²) in [6, 6.07) is 17.2. The number of rotatable bonds is 21. The summed E-state index contributed by atoms with van der Waals surface area (Å²) in [7, 11) is 0. The Morgan fingerprint density at radius 1 is 0.556 bits per heavy atom. The van der Waals surface area contributed by atoms with Gasteiger partial charge in [0.2, 0.25) is 0 Å². The molecule has 0 radical (unpaired) electrons. The minimum absolute atomic E-state index is 0.129. The van der Waals surface area contributed by atoms with E-state index in [0.717, 1.165) is 25.0 Å². The fourth-order valence-electron chi connectivity index (χ4n) is 4.77. The Morgan fingerprint density at radius 2 is 1.00 bits per heavy atom. The first-order valence-electron chi connectivity index (χ1n) is 16.1. The summed E-state index contributed by atoms with van der Waals surface area (Å²) in [5.41, 5.74) is 2.06. The zero-order valence-corrected chi connectivity index (χ0v) is 28.4. The van der Waals surface area contributed by atoms with Crippen molar-refractivity contribution in [3.05, 3.63) is 54.6 Å². The van der Waals surface area contributed by atoms with Crippen LogP contribution in [0.25, 0.3) is 11.1 Å². The molecule has 0 saturated heterocycles. The molecular weight excluding hydrogens is 773 g/mol. The first-order chi connectivity index (χ1) is 24.7. The normalized spacial score (nSPS) is 15.1. The number of alkyl halides is 15. The largest absolute Gasteiger partial charge is 0.494 e. The molecule has 0 fully saturated rings. The first kappa shape index (κ1) is 46.3. The molecule has 54 heavy (non-hydrogen) atoms. The lowest BCUT2D eigenvalue weighted by molar-refractivity contribution is -0.427. The fraction of sp³-hybridized carbons (Fsp3) is 0.588. The maximum Gasteiger partial charge on any atom is 0.397 e. The molecule has 2 aromatic carbocycles. The molecule has 0 bridgehead atoms. The van der Waals surface area contributed by atoms with E-state index in [2.05, 4.69) is 4.74 Å². The van der Waals surface area contributed by atoms with Gasteiger partial charge in [0, 0.05) is 0 Å². The van der Waals surface area contributed by atoms with Crippen LogP contribution < -0.4 is 4.74 Å². The third-order valence-corrected chi connectivity index (χ3v) is 8.39. The third-order valence-electron chi connectivity index (χ3n) is 8.39. The van der Waals surface area contributed by atoms with Crippen LogP contribution in [-0.4, -0.2) is 74.0 Å². The summed E-state index contributed by atoms with van der Waals surface area (Å²) in [5.74, 6) is -48.8. The van der Waals surface area contributed by atoms with Gasteiger partial charge in [-0.05, 0) is 55.4 Å². The summed E-state index contributed by atoms with van der Waals surface area (Å²) in [6.07, 6.45) is -12.7. The molecule has 20 heteroatoms. The van der Waals surface area contributed by atoms with E-state index in [1.165, 1.54) is 0 Å². The van der Waals surface area contributed by atoms with Gasteiger partial charge in [-0.1, -0.05) is 56.3 Å². The molecule has 0 aliphatic heterocycles. The maximum absolute atomic E-state index is 14.3. The Balaban J connectivity index is 1.84. The van der Waals surface area contributed by atoms with E-state index in [-0.39, 0.29) is 6.61 Å². The van der Waals surface area contributed by atoms with Gasteiger partial charge in [0.1, 0.15) is 11.7 Å². The molecule has 0 saturated carbocycles. The molecular formula is C34H35F15O5. The van der Waals surface area contributed by atoms with Crippen LogP contribution in [0.2, 0.25) is 0 Å². The van der Waals surface area contributed by atoms with Crippen molar-refractivity contribution >= 4 is 11.9 Å². The SMILES string of the molecule is CC(C(=O)OCCCCCCOc1ccc(-c2ccccc2)cc1)C(C)C(=O)OCCC(C(F)(F)F)C(F)(F)C(F)(F)C(F)(F)C(F)(F)C(F)(F)C(F)F. The fourth-order valence-corrected chi connectivity index (χ4v) is 4.77. The van der Waals surface area contributed by atoms with Crippen LogP contribution >= 0.6 is 0 Å². The summed E-state index contributed by atoms with van der Waals surface area (Å²) in [5, 5.41) is 0. The molecule has 3 atom stereocenters. The Bertz CT molecular complexity index is 1480. The number of hydrogen-bond donors (Lipinski definition) is 0. The van der Waals surface area contributed by atoms with Crippen LogP contribution in [0, 0.1) is 17.8 Å². The smallest absolute Gasteiger partial charge is 0.397 e. The van der Waals surface area contributed by atoms with E-state index in [1.54, 1.807) is 0 Å². The van der Waals surface area contributed by atoms with Crippen molar-refractivity contribution in [2.75, 3.05) is 19.8 Å². The van der Waals surface area contributed by atoms with Crippen molar-refractivity contribution in [1.29, 1.82) is 0 Å². The van der Waals surface area contributed by atoms with Gasteiger partial charge >= 0.3 is 54.2 Å². The van der Waals surface area contributed by atoms with Crippen LogP contribution in [0.15, 0.2) is 54.6 Å². The summed E-state index contributed by atoms with van der Waals surface area (Å²) < 4.78 is 217. The van der Waals surface area contributed by atoms with Crippen LogP contribution in [-0.2, 0) is 19.1 Å². The second-order valence-corrected chi connectivity index (χ2v) is 12.2. The zero-order chi connectivity index (χ0) is 41.3. The Labute approximate surface area is 299 Å². The second-order valence-electron chi connectivity index (χ2n) is 12.2. The molecule has 0 spiro atoms. The van der Waals surface area contributed by atoms with Crippen LogP contribution in [0.4, 0.5) is 65.9 Å². The van der Waals surface area contributed by atoms with Gasteiger partial charge in [0.05, 0.1) is 31.7 Å². The highest BCUT2D eigenvalue weighted by Gasteiger charge is 2.89. The number of ether oxygens (including phenoxy) is 3. The minimum atomic E-state index is -8.17. The number of esters is 2. The lowest BCUT2D eigenvalue weighted by atomic mass is 9.85. The molecule has 0 N–H and O–H groups in total. The molecule has 0 aromatic heterocycles. The van der Waals surface area contributed by atoms with Crippen LogP contribution in [0.1, 0.15) is 46.0 Å². The Morgan fingerprint density at radius 3 is 1.48 bits per heavy atom. The predicted octanol–water partition coefficient (Wildman–Crippen LogP) is 10.7. The molecule has 2 aromatic rings. The van der Waals surface area contributed by atoms with Crippen molar-refractivity contribution in [3.63, 3.8) is 0 Å². The number of benzene rings is 2. The zero-order valence-electron chi connectivity index (χ0n) is 28.4. The maximum atomic E-state index is 14.3. The minimum Gasteiger partial charge on any atom is -0.494 e. The number of carbonyl (C=O) groups is 2. The van der Waals surface area contributed by atoms with Crippen molar-refractivity contribution in [2.45, 2.75) is 88.2 Å². The monoisotopic (exact) mass is 808 g/mol. The highest BCUT2D eigenvalue weighted by Crippen LogP contribution is 2.61. The lowest BCUT2D eigenvalue weighted by Crippen LogP contribution is -2.70. The van der Waals surface area contributed by atoms with E-state index < -0.39 is 84.9 Å². The average molecular weight is 809 g/mol. The van der Waals surface area contributed by atoms with Gasteiger partial charge in [0.15, 0.2) is 0 Å². The Hall–Kier alpha value is -3.87. The number of unbranched alkanes of at least 4 members (excludes halogenated alkanes) is 3. The van der Waals surface area contributed by atoms with Crippen LogP contribution in [0.5, 0.6) is 5.75 Å². The van der Waals surface area contributed by atoms with Gasteiger partial charge in [-0.2, -0.15) is 57.1 Å². The van der Waals surface area contributed by atoms with Gasteiger partial charge in [-0.25, -0.2) is 8.78 Å². The number of hydrogen-bond acceptors (Lipinski definition) is 5. The van der Waals surface area contributed by atoms with Crippen molar-refractivity contribution in [3.8, 4) is 16.9 Å². The predicted molar refractivity (Wildman–Crippen MR) is 161 cm³/mol. The topological polar surface area (TPSA) is 61.8 Å². The van der Waals surface area contributed by atoms with E-state index in [1.807, 2.05) is 54.6 Å². The van der Waals surface area contributed by atoms with Crippen LogP contribution in [0.3, 0.4) is 0 Å². The second kappa shape index (κ2) is 18.2. The average Bonchev–Trinajstić information content (AvgIpc) is 3.09. The summed E-state index contributed by atoms with van der Waals surface area (Å²) in [6.45, 7) is 0.435. The highest BCUT2D eigenvalue weighted by atomic mass is 19.4. The lowest BCUT2D eigenvalue weighted by Gasteiger charge is -2.41. The van der Waals surface area contributed by atoms with E-state index >= 15 is 0 Å². The molecule has 306 valence electrons. The van der Waals surface area contributed by atoms with Gasteiger partial charge < -0.3 is 14.2 Å². The third kappa shape index (κ3) is 10.5. The van der Waals surface area contributed by atoms with Crippen molar-refractivity contribution < 1.29 is 89.7 Å². The molecule has 0 amide bonds. The molecule has 0 heterocycles. The molecule has 0 aliphatic carbocycles. The quantitative estimate of drug-likeness (QED) is 0.0714. The standard InChI is InChI=1S/C34H35F15O5/c1-20(26(50)53-18-9-4-3-8-17-52-24-14-12-23(13-15-24)22-10-6-5-7-11-22)21(2)27(51)54-19-16-25(31(41,42)43)29(37,38)32(44,45)34(48,49)33(46,47)30(39,40)28(35)36/h5-7,10-15,20-21,25,28H,3-4,8-9,16-19H2,1-2H3. The van der Waals surface area contributed by atoms with Gasteiger partial charge in [-0.15, -0.1) is 0 Å². The highest BCUT2D eigenvalue weighted by molar-refractivity contribution is 5.81. The number of carbonyl (C=O) groups excluding carboxylic acids is 2. The van der Waals surface area contributed by atoms with Crippen molar-refractivity contribution in [2.24, 2.45) is 17.8 Å². The van der Waals surface area contributed by atoms with Gasteiger partial charge in [-0.3, -0.25) is 9.59 Å². The van der Waals surface area contributed by atoms with E-state index in [4.69, 9.17) is 9.47 Å². The Kier molecular flexibility index (Phi) is 15.6. The van der Waals surface area contributed by atoms with E-state index in [0.29, 0.717) is 38.0 Å². The summed E-state index contributed by atoms with van der Waals surface area (Å²) in [4.78, 5) is 24.6. The molecule has 2 rings (SSSR count). The van der Waals surface area contributed by atoms with Crippen molar-refractivity contribution in [1.82, 2.24) is 0 Å². The van der Waals surface area contributed by atoms with Gasteiger partial charge in [0.25, 0.3) is 0 Å². The molecule has 3 unspecified atom stereocenters. The number of halogens is 15. The van der Waals surface area contributed by atoms with E-state index in [9.17, 15) is 75.4 Å². The molecule has 0 aliphatic rings. The first-order valence-corrected chi connectivity index (χ1v) is 16.1. The summed E-state index contributed by atoms with van der Waals surface area (Å²) >= 11 is 0.